The average Bonchev–Trinajstić information content (AvgIpc) is 2.46. The first-order chi connectivity index (χ1) is 9.69. The van der Waals surface area contributed by atoms with Gasteiger partial charge in [0.25, 0.3) is 13.2 Å². The molecule has 0 aliphatic carbocycles. The van der Waals surface area contributed by atoms with Crippen molar-refractivity contribution in [3.05, 3.63) is 49.1 Å². The Morgan fingerprint density at radius 1 is 1.05 bits per heavy atom. The first-order valence-electron chi connectivity index (χ1n) is 5.94. The van der Waals surface area contributed by atoms with Gasteiger partial charge in [0.15, 0.2) is 24.8 Å². The minimum Gasteiger partial charge on any atom is -0.477 e. The lowest BCUT2D eigenvalue weighted by atomic mass is 10.1. The molecule has 0 amide bonds. The van der Waals surface area contributed by atoms with Crippen molar-refractivity contribution in [3.8, 4) is 11.1 Å². The second-order valence-corrected chi connectivity index (χ2v) is 4.15. The van der Waals surface area contributed by atoms with E-state index in [0.717, 1.165) is 11.1 Å². The molecule has 2 aromatic heterocycles. The number of carboxylic acids is 1. The Bertz CT molecular complexity index is 594. The number of pyridine rings is 2. The lowest BCUT2D eigenvalue weighted by Gasteiger charge is -2.00. The van der Waals surface area contributed by atoms with Crippen LogP contribution in [0.15, 0.2) is 49.1 Å². The molecule has 0 aromatic carbocycles. The van der Waals surface area contributed by atoms with Crippen molar-refractivity contribution in [1.82, 2.24) is 0 Å². The standard InChI is InChI=1S/C14H13N2O4/c17-11-20-10-16-7-3-13(4-8-16)12-1-5-15(6-2-12)9-14(18)19/h1-8,11H,9-10H2/q+1/p+1. The molecule has 0 aliphatic rings. The van der Waals surface area contributed by atoms with E-state index in [1.807, 2.05) is 24.3 Å². The van der Waals surface area contributed by atoms with Crippen molar-refractivity contribution in [2.24, 2.45) is 0 Å². The molecule has 102 valence electrons. The fourth-order valence-electron chi connectivity index (χ4n) is 1.76. The molecule has 0 radical (unpaired) electrons. The van der Waals surface area contributed by atoms with Gasteiger partial charge in [-0.05, 0) is 11.1 Å². The molecule has 0 unspecified atom stereocenters. The maximum atomic E-state index is 10.6. The molecule has 6 nitrogen and oxygen atoms in total. The second kappa shape index (κ2) is 6.42. The van der Waals surface area contributed by atoms with Crippen molar-refractivity contribution in [2.75, 3.05) is 0 Å². The van der Waals surface area contributed by atoms with Gasteiger partial charge in [-0.1, -0.05) is 0 Å². The van der Waals surface area contributed by atoms with Crippen LogP contribution in [0, 0.1) is 0 Å². The monoisotopic (exact) mass is 274 g/mol. The third-order valence-corrected chi connectivity index (χ3v) is 2.73. The Kier molecular flexibility index (Phi) is 4.39. The Labute approximate surface area is 115 Å². The van der Waals surface area contributed by atoms with Crippen LogP contribution in [0.5, 0.6) is 0 Å². The quantitative estimate of drug-likeness (QED) is 0.601. The summed E-state index contributed by atoms with van der Waals surface area (Å²) in [6.45, 7) is 0.522. The molecular formula is C14H14N2O4+2. The van der Waals surface area contributed by atoms with Crippen LogP contribution in [0.3, 0.4) is 0 Å². The summed E-state index contributed by atoms with van der Waals surface area (Å²) in [6.07, 6.45) is 7.05. The molecule has 0 fully saturated rings. The highest BCUT2D eigenvalue weighted by atomic mass is 16.5. The Morgan fingerprint density at radius 3 is 2.00 bits per heavy atom. The first kappa shape index (κ1) is 13.7. The molecule has 2 rings (SSSR count). The van der Waals surface area contributed by atoms with Crippen molar-refractivity contribution in [3.63, 3.8) is 0 Å². The molecule has 2 aromatic rings. The van der Waals surface area contributed by atoms with E-state index in [-0.39, 0.29) is 13.3 Å². The van der Waals surface area contributed by atoms with E-state index < -0.39 is 5.97 Å². The minimum absolute atomic E-state index is 0.0574. The highest BCUT2D eigenvalue weighted by Crippen LogP contribution is 2.15. The van der Waals surface area contributed by atoms with Gasteiger partial charge < -0.3 is 9.84 Å². The van der Waals surface area contributed by atoms with Gasteiger partial charge in [-0.15, -0.1) is 0 Å². The Morgan fingerprint density at radius 2 is 1.55 bits per heavy atom. The highest BCUT2D eigenvalue weighted by molar-refractivity contribution is 5.65. The van der Waals surface area contributed by atoms with Crippen molar-refractivity contribution in [1.29, 1.82) is 0 Å². The summed E-state index contributed by atoms with van der Waals surface area (Å²) in [6, 6.07) is 7.49. The highest BCUT2D eigenvalue weighted by Gasteiger charge is 2.08. The van der Waals surface area contributed by atoms with E-state index in [9.17, 15) is 9.59 Å². The third-order valence-electron chi connectivity index (χ3n) is 2.73. The SMILES string of the molecule is O=COC[n+]1ccc(-c2cc[n+](CC(=O)O)cc2)cc1. The summed E-state index contributed by atoms with van der Waals surface area (Å²) in [5.74, 6) is -0.876. The number of ether oxygens (including phenoxy) is 1. The van der Waals surface area contributed by atoms with E-state index in [1.54, 1.807) is 33.9 Å². The van der Waals surface area contributed by atoms with E-state index in [2.05, 4.69) is 4.74 Å². The van der Waals surface area contributed by atoms with Gasteiger partial charge in [0, 0.05) is 24.3 Å². The largest absolute Gasteiger partial charge is 0.477 e. The van der Waals surface area contributed by atoms with Gasteiger partial charge in [-0.3, -0.25) is 4.79 Å². The summed E-state index contributed by atoms with van der Waals surface area (Å²) in [5.41, 5.74) is 1.98. The van der Waals surface area contributed by atoms with E-state index >= 15 is 0 Å². The number of rotatable bonds is 6. The van der Waals surface area contributed by atoms with Crippen molar-refractivity contribution < 1.29 is 28.6 Å². The van der Waals surface area contributed by atoms with Crippen LogP contribution in [0.2, 0.25) is 0 Å². The number of aromatic nitrogens is 2. The number of hydrogen-bond acceptors (Lipinski definition) is 3. The number of nitrogens with zero attached hydrogens (tertiary/aromatic N) is 2. The lowest BCUT2D eigenvalue weighted by Crippen LogP contribution is -2.36. The number of hydrogen-bond donors (Lipinski definition) is 1. The Hall–Kier alpha value is -2.76. The summed E-state index contributed by atoms with van der Waals surface area (Å²) in [5, 5.41) is 8.69. The van der Waals surface area contributed by atoms with Gasteiger partial charge >= 0.3 is 5.97 Å². The fraction of sp³-hybridized carbons (Fsp3) is 0.143. The minimum atomic E-state index is -0.876. The first-order valence-corrected chi connectivity index (χ1v) is 5.94. The summed E-state index contributed by atoms with van der Waals surface area (Å²) in [4.78, 5) is 20.7. The van der Waals surface area contributed by atoms with Crippen molar-refractivity contribution >= 4 is 12.4 Å². The van der Waals surface area contributed by atoms with Crippen LogP contribution >= 0.6 is 0 Å². The molecule has 1 N–H and O–H groups in total. The van der Waals surface area contributed by atoms with Crippen LogP contribution in [-0.2, 0) is 27.6 Å². The predicted octanol–water partition coefficient (Wildman–Crippen LogP) is 0.144. The maximum Gasteiger partial charge on any atom is 0.370 e. The zero-order valence-corrected chi connectivity index (χ0v) is 10.7. The maximum absolute atomic E-state index is 10.6. The van der Waals surface area contributed by atoms with Crippen LogP contribution < -0.4 is 9.13 Å². The van der Waals surface area contributed by atoms with Gasteiger partial charge in [0.1, 0.15) is 0 Å². The number of aliphatic carboxylic acids is 1. The van der Waals surface area contributed by atoms with Crippen LogP contribution in [0.25, 0.3) is 11.1 Å². The molecule has 2 heterocycles. The molecule has 0 saturated carbocycles. The molecule has 0 saturated heterocycles. The number of carbonyl (C=O) groups is 2. The molecule has 0 bridgehead atoms. The van der Waals surface area contributed by atoms with Crippen molar-refractivity contribution in [2.45, 2.75) is 13.3 Å². The van der Waals surface area contributed by atoms with Crippen LogP contribution in [0.4, 0.5) is 0 Å². The van der Waals surface area contributed by atoms with Gasteiger partial charge in [-0.2, -0.15) is 9.13 Å². The van der Waals surface area contributed by atoms with Crippen LogP contribution in [0.1, 0.15) is 0 Å². The number of carbonyl (C=O) groups excluding carboxylic acids is 1. The van der Waals surface area contributed by atoms with E-state index in [4.69, 9.17) is 5.11 Å². The third kappa shape index (κ3) is 3.61. The molecular weight excluding hydrogens is 260 g/mol. The van der Waals surface area contributed by atoms with E-state index in [1.165, 1.54) is 0 Å². The molecule has 20 heavy (non-hydrogen) atoms. The van der Waals surface area contributed by atoms with Crippen LogP contribution in [-0.4, -0.2) is 17.5 Å². The molecule has 0 atom stereocenters. The smallest absolute Gasteiger partial charge is 0.370 e. The number of carboxylic acid groups (broad SMARTS) is 1. The topological polar surface area (TPSA) is 71.4 Å². The second-order valence-electron chi connectivity index (χ2n) is 4.15. The lowest BCUT2D eigenvalue weighted by molar-refractivity contribution is -0.726. The summed E-state index contributed by atoms with van der Waals surface area (Å²) in [7, 11) is 0. The Balaban J connectivity index is 2.10. The summed E-state index contributed by atoms with van der Waals surface area (Å²) >= 11 is 0. The zero-order valence-electron chi connectivity index (χ0n) is 10.7. The zero-order chi connectivity index (χ0) is 14.4. The normalized spacial score (nSPS) is 10.0. The van der Waals surface area contributed by atoms with Gasteiger partial charge in [0.05, 0.1) is 0 Å². The van der Waals surface area contributed by atoms with Gasteiger partial charge in [0.2, 0.25) is 6.54 Å². The predicted molar refractivity (Wildman–Crippen MR) is 67.1 cm³/mol. The molecule has 0 spiro atoms. The molecule has 0 aliphatic heterocycles. The molecule has 6 heteroatoms. The summed E-state index contributed by atoms with van der Waals surface area (Å²) < 4.78 is 7.96. The van der Waals surface area contributed by atoms with E-state index in [0.29, 0.717) is 6.47 Å². The average molecular weight is 274 g/mol. The van der Waals surface area contributed by atoms with Gasteiger partial charge in [-0.25, -0.2) is 4.79 Å². The fourth-order valence-corrected chi connectivity index (χ4v) is 1.76.